The lowest BCUT2D eigenvalue weighted by Crippen LogP contribution is -2.10. The molecular formula is C10H11BrN2OS. The first-order chi connectivity index (χ1) is 7.24. The molecule has 1 N–H and O–H groups in total. The number of rotatable bonds is 4. The Morgan fingerprint density at radius 3 is 2.93 bits per heavy atom. The van der Waals surface area contributed by atoms with E-state index in [9.17, 15) is 0 Å². The minimum absolute atomic E-state index is 0.719. The van der Waals surface area contributed by atoms with Gasteiger partial charge in [0.1, 0.15) is 0 Å². The summed E-state index contributed by atoms with van der Waals surface area (Å²) in [5.41, 5.74) is 0.922. The third-order valence-corrected chi connectivity index (χ3v) is 3.59. The van der Waals surface area contributed by atoms with Gasteiger partial charge in [-0.25, -0.2) is 0 Å². The summed E-state index contributed by atoms with van der Waals surface area (Å²) < 4.78 is 6.23. The maximum Gasteiger partial charge on any atom is 0.150 e. The predicted molar refractivity (Wildman–Crippen MR) is 63.8 cm³/mol. The van der Waals surface area contributed by atoms with Gasteiger partial charge in [-0.3, -0.25) is 0 Å². The summed E-state index contributed by atoms with van der Waals surface area (Å²) in [5, 5.41) is 9.21. The van der Waals surface area contributed by atoms with Crippen molar-refractivity contribution in [2.24, 2.45) is 0 Å². The topological polar surface area (TPSA) is 38.1 Å². The summed E-state index contributed by atoms with van der Waals surface area (Å²) in [4.78, 5) is 1.30. The average molecular weight is 287 g/mol. The van der Waals surface area contributed by atoms with Crippen LogP contribution in [0.25, 0.3) is 0 Å². The summed E-state index contributed by atoms with van der Waals surface area (Å²) in [7, 11) is 0. The van der Waals surface area contributed by atoms with Crippen molar-refractivity contribution >= 4 is 27.3 Å². The minimum atomic E-state index is 0.719. The van der Waals surface area contributed by atoms with Gasteiger partial charge in [-0.2, -0.15) is 0 Å². The molecule has 2 aromatic heterocycles. The number of aryl methyl sites for hydroxylation is 1. The van der Waals surface area contributed by atoms with Crippen LogP contribution in [0.4, 0.5) is 0 Å². The fourth-order valence-corrected chi connectivity index (χ4v) is 2.68. The van der Waals surface area contributed by atoms with Gasteiger partial charge in [-0.05, 0) is 28.9 Å². The maximum atomic E-state index is 5.09. The van der Waals surface area contributed by atoms with E-state index in [0.29, 0.717) is 0 Å². The van der Waals surface area contributed by atoms with Gasteiger partial charge in [-0.1, -0.05) is 5.16 Å². The Morgan fingerprint density at radius 1 is 1.47 bits per heavy atom. The lowest BCUT2D eigenvalue weighted by Gasteiger charge is -1.98. The molecule has 0 aliphatic carbocycles. The van der Waals surface area contributed by atoms with Crippen molar-refractivity contribution in [3.63, 3.8) is 0 Å². The van der Waals surface area contributed by atoms with Crippen LogP contribution in [-0.2, 0) is 13.1 Å². The van der Waals surface area contributed by atoms with Crippen LogP contribution in [0.1, 0.15) is 16.3 Å². The van der Waals surface area contributed by atoms with Crippen LogP contribution >= 0.6 is 27.3 Å². The third-order valence-electron chi connectivity index (χ3n) is 1.90. The molecular weight excluding hydrogens is 276 g/mol. The van der Waals surface area contributed by atoms with Crippen molar-refractivity contribution in [3.05, 3.63) is 38.3 Å². The number of halogens is 1. The second-order valence-electron chi connectivity index (χ2n) is 3.27. The van der Waals surface area contributed by atoms with Gasteiger partial charge < -0.3 is 9.84 Å². The molecule has 0 bridgehead atoms. The molecule has 2 aromatic rings. The SMILES string of the molecule is Cc1cc(CNCc2cc(Br)cs2)on1. The second-order valence-corrected chi connectivity index (χ2v) is 5.18. The van der Waals surface area contributed by atoms with E-state index >= 15 is 0 Å². The number of hydrogen-bond donors (Lipinski definition) is 1. The van der Waals surface area contributed by atoms with Crippen molar-refractivity contribution in [1.82, 2.24) is 10.5 Å². The van der Waals surface area contributed by atoms with Gasteiger partial charge in [-0.15, -0.1) is 11.3 Å². The van der Waals surface area contributed by atoms with Crippen molar-refractivity contribution in [1.29, 1.82) is 0 Å². The van der Waals surface area contributed by atoms with Gasteiger partial charge in [0.05, 0.1) is 12.2 Å². The fraction of sp³-hybridized carbons (Fsp3) is 0.300. The van der Waals surface area contributed by atoms with E-state index in [4.69, 9.17) is 4.52 Å². The molecule has 0 spiro atoms. The van der Waals surface area contributed by atoms with Crippen LogP contribution in [0.3, 0.4) is 0 Å². The molecule has 0 amide bonds. The van der Waals surface area contributed by atoms with Crippen molar-refractivity contribution < 1.29 is 4.52 Å². The number of aromatic nitrogens is 1. The highest BCUT2D eigenvalue weighted by atomic mass is 79.9. The minimum Gasteiger partial charge on any atom is -0.360 e. The Balaban J connectivity index is 1.80. The molecule has 15 heavy (non-hydrogen) atoms. The number of hydrogen-bond acceptors (Lipinski definition) is 4. The second kappa shape index (κ2) is 4.92. The standard InChI is InChI=1S/C10H11BrN2OS/c1-7-2-9(14-13-7)4-12-5-10-3-8(11)6-15-10/h2-3,6,12H,4-5H2,1H3. The lowest BCUT2D eigenvalue weighted by molar-refractivity contribution is 0.369. The van der Waals surface area contributed by atoms with Crippen LogP contribution in [-0.4, -0.2) is 5.16 Å². The molecule has 0 saturated heterocycles. The molecule has 5 heteroatoms. The Hall–Kier alpha value is -0.650. The van der Waals surface area contributed by atoms with Gasteiger partial charge in [0.25, 0.3) is 0 Å². The van der Waals surface area contributed by atoms with E-state index in [1.54, 1.807) is 11.3 Å². The van der Waals surface area contributed by atoms with Gasteiger partial charge >= 0.3 is 0 Å². The Morgan fingerprint density at radius 2 is 2.33 bits per heavy atom. The summed E-state index contributed by atoms with van der Waals surface area (Å²) in [6.45, 7) is 3.50. The van der Waals surface area contributed by atoms with Gasteiger partial charge in [0, 0.05) is 27.3 Å². The van der Waals surface area contributed by atoms with E-state index in [2.05, 4.69) is 37.8 Å². The van der Waals surface area contributed by atoms with Crippen LogP contribution in [0.5, 0.6) is 0 Å². The summed E-state index contributed by atoms with van der Waals surface area (Å²) in [5.74, 6) is 0.878. The molecule has 2 heterocycles. The van der Waals surface area contributed by atoms with Crippen LogP contribution in [0.2, 0.25) is 0 Å². The van der Waals surface area contributed by atoms with E-state index in [1.807, 2.05) is 13.0 Å². The smallest absolute Gasteiger partial charge is 0.150 e. The number of thiophene rings is 1. The summed E-state index contributed by atoms with van der Waals surface area (Å²) in [6, 6.07) is 4.06. The molecule has 0 aromatic carbocycles. The molecule has 0 aliphatic heterocycles. The van der Waals surface area contributed by atoms with Crippen LogP contribution in [0.15, 0.2) is 26.5 Å². The zero-order valence-corrected chi connectivity index (χ0v) is 10.7. The normalized spacial score (nSPS) is 10.8. The lowest BCUT2D eigenvalue weighted by atomic mass is 10.4. The first-order valence-electron chi connectivity index (χ1n) is 4.60. The molecule has 2 rings (SSSR count). The molecule has 80 valence electrons. The molecule has 0 saturated carbocycles. The highest BCUT2D eigenvalue weighted by Crippen LogP contribution is 2.19. The zero-order valence-electron chi connectivity index (χ0n) is 8.29. The van der Waals surface area contributed by atoms with Gasteiger partial charge in [0.2, 0.25) is 0 Å². The highest BCUT2D eigenvalue weighted by molar-refractivity contribution is 9.10. The summed E-state index contributed by atoms with van der Waals surface area (Å²) >= 11 is 5.16. The average Bonchev–Trinajstić information content (AvgIpc) is 2.76. The van der Waals surface area contributed by atoms with Crippen LogP contribution < -0.4 is 5.32 Å². The predicted octanol–water partition coefficient (Wildman–Crippen LogP) is 3.10. The zero-order chi connectivity index (χ0) is 10.7. The molecule has 0 aliphatic rings. The molecule has 0 radical (unpaired) electrons. The van der Waals surface area contributed by atoms with Gasteiger partial charge in [0.15, 0.2) is 5.76 Å². The fourth-order valence-electron chi connectivity index (χ4n) is 1.26. The summed E-state index contributed by atoms with van der Waals surface area (Å²) in [6.07, 6.45) is 0. The first kappa shape index (κ1) is 10.9. The van der Waals surface area contributed by atoms with E-state index in [1.165, 1.54) is 4.88 Å². The van der Waals surface area contributed by atoms with Crippen molar-refractivity contribution in [2.45, 2.75) is 20.0 Å². The molecule has 0 atom stereocenters. The molecule has 0 fully saturated rings. The number of nitrogens with zero attached hydrogens (tertiary/aromatic N) is 1. The highest BCUT2D eigenvalue weighted by Gasteiger charge is 2.01. The maximum absolute atomic E-state index is 5.09. The number of nitrogens with one attached hydrogen (secondary N) is 1. The van der Waals surface area contributed by atoms with Crippen LogP contribution in [0, 0.1) is 6.92 Å². The third kappa shape index (κ3) is 3.15. The van der Waals surface area contributed by atoms with Crippen molar-refractivity contribution in [2.75, 3.05) is 0 Å². The molecule has 3 nitrogen and oxygen atoms in total. The Bertz CT molecular complexity index is 398. The quantitative estimate of drug-likeness (QED) is 0.939. The van der Waals surface area contributed by atoms with E-state index in [0.717, 1.165) is 29.0 Å². The monoisotopic (exact) mass is 286 g/mol. The molecule has 0 unspecified atom stereocenters. The Kier molecular flexibility index (Phi) is 3.56. The first-order valence-corrected chi connectivity index (χ1v) is 6.27. The largest absolute Gasteiger partial charge is 0.360 e. The van der Waals surface area contributed by atoms with E-state index in [-0.39, 0.29) is 0 Å². The Labute approximate surface area is 101 Å². The van der Waals surface area contributed by atoms with E-state index < -0.39 is 0 Å². The van der Waals surface area contributed by atoms with Crippen molar-refractivity contribution in [3.8, 4) is 0 Å².